The van der Waals surface area contributed by atoms with E-state index in [0.29, 0.717) is 11.3 Å². The van der Waals surface area contributed by atoms with Crippen molar-refractivity contribution in [3.05, 3.63) is 18.3 Å². The number of halogens is 1. The Hall–Kier alpha value is -0.960. The maximum atomic E-state index is 5.91. The molecule has 0 spiro atoms. The van der Waals surface area contributed by atoms with Crippen LogP contribution >= 0.6 is 11.6 Å². The van der Waals surface area contributed by atoms with Gasteiger partial charge in [0.1, 0.15) is 11.6 Å². The molecule has 1 aliphatic rings. The van der Waals surface area contributed by atoms with Gasteiger partial charge in [-0.1, -0.05) is 0 Å². The molecule has 0 radical (unpaired) electrons. The highest BCUT2D eigenvalue weighted by Gasteiger charge is 2.26. The number of alkyl halides is 1. The fraction of sp³-hybridized carbons (Fsp3) is 0.545. The van der Waals surface area contributed by atoms with E-state index in [1.165, 1.54) is 0 Å². The van der Waals surface area contributed by atoms with Crippen LogP contribution in [0.4, 0.5) is 5.82 Å². The minimum Gasteiger partial charge on any atom is -0.495 e. The summed E-state index contributed by atoms with van der Waals surface area (Å²) in [6.45, 7) is 0.961. The van der Waals surface area contributed by atoms with Crippen LogP contribution in [0, 0.1) is 5.92 Å². The summed E-state index contributed by atoms with van der Waals surface area (Å²) in [6, 6.07) is 3.83. The SMILES string of the molecule is COc1ccc(NCC2CC(Cl)C2)nc1. The number of anilines is 1. The van der Waals surface area contributed by atoms with Gasteiger partial charge in [-0.05, 0) is 30.9 Å². The molecule has 4 heteroatoms. The summed E-state index contributed by atoms with van der Waals surface area (Å²) in [5.41, 5.74) is 0. The Labute approximate surface area is 94.8 Å². The predicted octanol–water partition coefficient (Wildman–Crippen LogP) is 2.52. The van der Waals surface area contributed by atoms with Gasteiger partial charge in [-0.2, -0.15) is 0 Å². The van der Waals surface area contributed by atoms with Crippen molar-refractivity contribution in [2.24, 2.45) is 5.92 Å². The standard InChI is InChI=1S/C11H15ClN2O/c1-15-10-2-3-11(14-7-10)13-6-8-4-9(12)5-8/h2-3,7-9H,4-6H2,1H3,(H,13,14). The van der Waals surface area contributed by atoms with Gasteiger partial charge < -0.3 is 10.1 Å². The number of aromatic nitrogens is 1. The van der Waals surface area contributed by atoms with Gasteiger partial charge in [0, 0.05) is 11.9 Å². The third-order valence-electron chi connectivity index (χ3n) is 2.72. The number of hydrogen-bond acceptors (Lipinski definition) is 3. The van der Waals surface area contributed by atoms with E-state index in [2.05, 4.69) is 10.3 Å². The van der Waals surface area contributed by atoms with Crippen molar-refractivity contribution >= 4 is 17.4 Å². The molecule has 0 unspecified atom stereocenters. The molecule has 0 amide bonds. The quantitative estimate of drug-likeness (QED) is 0.802. The monoisotopic (exact) mass is 226 g/mol. The molecule has 1 N–H and O–H groups in total. The number of ether oxygens (including phenoxy) is 1. The Kier molecular flexibility index (Phi) is 3.31. The average Bonchev–Trinajstić information content (AvgIpc) is 2.23. The molecule has 1 aromatic rings. The van der Waals surface area contributed by atoms with Crippen LogP contribution in [0.2, 0.25) is 0 Å². The lowest BCUT2D eigenvalue weighted by molar-refractivity contribution is 0.341. The van der Waals surface area contributed by atoms with E-state index in [-0.39, 0.29) is 0 Å². The first-order valence-corrected chi connectivity index (χ1v) is 5.59. The molecule has 1 heterocycles. The zero-order chi connectivity index (χ0) is 10.7. The van der Waals surface area contributed by atoms with E-state index in [1.54, 1.807) is 13.3 Å². The highest BCUT2D eigenvalue weighted by atomic mass is 35.5. The lowest BCUT2D eigenvalue weighted by Crippen LogP contribution is -2.30. The molecule has 0 saturated heterocycles. The topological polar surface area (TPSA) is 34.1 Å². The van der Waals surface area contributed by atoms with Crippen molar-refractivity contribution in [1.82, 2.24) is 4.98 Å². The maximum Gasteiger partial charge on any atom is 0.137 e. The van der Waals surface area contributed by atoms with Gasteiger partial charge in [0.25, 0.3) is 0 Å². The molecule has 82 valence electrons. The molecule has 0 atom stereocenters. The molecule has 0 bridgehead atoms. The molecule has 2 rings (SSSR count). The highest BCUT2D eigenvalue weighted by molar-refractivity contribution is 6.21. The Morgan fingerprint density at radius 2 is 2.33 bits per heavy atom. The third kappa shape index (κ3) is 2.75. The van der Waals surface area contributed by atoms with Crippen LogP contribution < -0.4 is 10.1 Å². The Bertz CT molecular complexity index is 309. The fourth-order valence-electron chi connectivity index (χ4n) is 1.68. The zero-order valence-corrected chi connectivity index (χ0v) is 9.50. The molecule has 1 aliphatic carbocycles. The van der Waals surface area contributed by atoms with Crippen molar-refractivity contribution < 1.29 is 4.74 Å². The molecule has 1 aromatic heterocycles. The Balaban J connectivity index is 1.78. The summed E-state index contributed by atoms with van der Waals surface area (Å²) in [4.78, 5) is 4.23. The zero-order valence-electron chi connectivity index (χ0n) is 8.74. The van der Waals surface area contributed by atoms with Crippen LogP contribution in [0.1, 0.15) is 12.8 Å². The normalized spacial score (nSPS) is 24.4. The largest absolute Gasteiger partial charge is 0.495 e. The second-order valence-electron chi connectivity index (χ2n) is 3.90. The lowest BCUT2D eigenvalue weighted by atomic mass is 9.85. The van der Waals surface area contributed by atoms with Gasteiger partial charge in [-0.25, -0.2) is 4.98 Å². The number of hydrogen-bond donors (Lipinski definition) is 1. The van der Waals surface area contributed by atoms with Crippen LogP contribution in [-0.2, 0) is 0 Å². The number of methoxy groups -OCH3 is 1. The van der Waals surface area contributed by atoms with E-state index in [1.807, 2.05) is 12.1 Å². The van der Waals surface area contributed by atoms with Crippen LogP contribution in [0.25, 0.3) is 0 Å². The van der Waals surface area contributed by atoms with E-state index in [4.69, 9.17) is 16.3 Å². The number of pyridine rings is 1. The molecular formula is C11H15ClN2O. The fourth-order valence-corrected chi connectivity index (χ4v) is 2.18. The minimum absolute atomic E-state index is 0.389. The summed E-state index contributed by atoms with van der Waals surface area (Å²) < 4.78 is 5.03. The van der Waals surface area contributed by atoms with Crippen molar-refractivity contribution in [1.29, 1.82) is 0 Å². The molecule has 3 nitrogen and oxygen atoms in total. The van der Waals surface area contributed by atoms with Gasteiger partial charge in [0.15, 0.2) is 0 Å². The van der Waals surface area contributed by atoms with Crippen molar-refractivity contribution in [2.45, 2.75) is 18.2 Å². The molecule has 15 heavy (non-hydrogen) atoms. The second kappa shape index (κ2) is 4.71. The molecule has 0 aromatic carbocycles. The average molecular weight is 227 g/mol. The summed E-state index contributed by atoms with van der Waals surface area (Å²) in [5.74, 6) is 2.38. The summed E-state index contributed by atoms with van der Waals surface area (Å²) >= 11 is 5.91. The van der Waals surface area contributed by atoms with E-state index in [0.717, 1.165) is 31.0 Å². The lowest BCUT2D eigenvalue weighted by Gasteiger charge is -2.30. The van der Waals surface area contributed by atoms with Crippen LogP contribution in [-0.4, -0.2) is 24.0 Å². The first kappa shape index (κ1) is 10.6. The smallest absolute Gasteiger partial charge is 0.137 e. The Morgan fingerprint density at radius 3 is 2.87 bits per heavy atom. The number of nitrogens with one attached hydrogen (secondary N) is 1. The first-order valence-electron chi connectivity index (χ1n) is 5.16. The number of rotatable bonds is 4. The van der Waals surface area contributed by atoms with Gasteiger partial charge >= 0.3 is 0 Å². The van der Waals surface area contributed by atoms with Gasteiger partial charge in [-0.15, -0.1) is 11.6 Å². The van der Waals surface area contributed by atoms with Crippen molar-refractivity contribution in [3.8, 4) is 5.75 Å². The van der Waals surface area contributed by atoms with E-state index in [9.17, 15) is 0 Å². The Morgan fingerprint density at radius 1 is 1.53 bits per heavy atom. The van der Waals surface area contributed by atoms with Crippen LogP contribution in [0.15, 0.2) is 18.3 Å². The minimum atomic E-state index is 0.389. The van der Waals surface area contributed by atoms with E-state index >= 15 is 0 Å². The summed E-state index contributed by atoms with van der Waals surface area (Å²) in [5, 5.41) is 3.68. The second-order valence-corrected chi connectivity index (χ2v) is 4.52. The van der Waals surface area contributed by atoms with Crippen LogP contribution in [0.3, 0.4) is 0 Å². The molecule has 1 saturated carbocycles. The maximum absolute atomic E-state index is 5.91. The third-order valence-corrected chi connectivity index (χ3v) is 3.08. The summed E-state index contributed by atoms with van der Waals surface area (Å²) in [7, 11) is 1.64. The molecule has 0 aliphatic heterocycles. The predicted molar refractivity (Wildman–Crippen MR) is 61.6 cm³/mol. The van der Waals surface area contributed by atoms with Crippen LogP contribution in [0.5, 0.6) is 5.75 Å². The highest BCUT2D eigenvalue weighted by Crippen LogP contribution is 2.31. The summed E-state index contributed by atoms with van der Waals surface area (Å²) in [6.07, 6.45) is 3.95. The van der Waals surface area contributed by atoms with Gasteiger partial charge in [-0.3, -0.25) is 0 Å². The van der Waals surface area contributed by atoms with Gasteiger partial charge in [0.2, 0.25) is 0 Å². The first-order chi connectivity index (χ1) is 7.28. The van der Waals surface area contributed by atoms with Crippen molar-refractivity contribution in [3.63, 3.8) is 0 Å². The van der Waals surface area contributed by atoms with Gasteiger partial charge in [0.05, 0.1) is 13.3 Å². The molecule has 1 fully saturated rings. The molecular weight excluding hydrogens is 212 g/mol. The number of nitrogens with zero attached hydrogens (tertiary/aromatic N) is 1. The van der Waals surface area contributed by atoms with E-state index < -0.39 is 0 Å². The van der Waals surface area contributed by atoms with Crippen molar-refractivity contribution in [2.75, 3.05) is 19.0 Å².